The van der Waals surface area contributed by atoms with Crippen molar-refractivity contribution in [1.29, 1.82) is 0 Å². The largest absolute Gasteiger partial charge is 0.462 e. The molecule has 0 aromatic rings. The predicted octanol–water partition coefficient (Wildman–Crippen LogP) is 25.2. The standard InChI is InChI=1S/C77H138O6/c1-4-7-10-13-16-19-22-25-27-29-31-32-33-34-35-36-37-38-39-40-41-42-43-44-46-47-49-52-55-58-61-64-67-70-76(79)82-73-74(72-81-75(78)69-66-63-60-57-54-51-24-21-18-15-12-9-6-3)83-77(80)71-68-65-62-59-56-53-50-48-45-30-28-26-23-20-17-14-11-8-5-2/h8,11,17,20,26,28-29,31,45,48,53,56,74H,4-7,9-10,12-16,18-19,21-25,27,30,32-44,46-47,49-52,54-55,57-73H2,1-3H3/b11-8-,20-17-,28-26-,31-29-,48-45-,56-53-. The van der Waals surface area contributed by atoms with Crippen molar-refractivity contribution in [2.75, 3.05) is 13.2 Å². The summed E-state index contributed by atoms with van der Waals surface area (Å²) in [4.78, 5) is 38.4. The van der Waals surface area contributed by atoms with Crippen molar-refractivity contribution in [3.05, 3.63) is 72.9 Å². The van der Waals surface area contributed by atoms with E-state index < -0.39 is 6.10 Å². The van der Waals surface area contributed by atoms with Gasteiger partial charge in [0.15, 0.2) is 6.10 Å². The fourth-order valence-corrected chi connectivity index (χ4v) is 10.8. The number of hydrogen-bond acceptors (Lipinski definition) is 6. The average molecular weight is 1160 g/mol. The zero-order valence-electron chi connectivity index (χ0n) is 55.5. The summed E-state index contributed by atoms with van der Waals surface area (Å²) in [5.74, 6) is -0.895. The van der Waals surface area contributed by atoms with Crippen LogP contribution >= 0.6 is 0 Å². The minimum atomic E-state index is -0.792. The average Bonchev–Trinajstić information content (AvgIpc) is 3.49. The predicted molar refractivity (Wildman–Crippen MR) is 362 cm³/mol. The van der Waals surface area contributed by atoms with E-state index in [2.05, 4.69) is 93.7 Å². The van der Waals surface area contributed by atoms with E-state index in [4.69, 9.17) is 14.2 Å². The molecular weight excluding hydrogens is 1020 g/mol. The molecule has 1 unspecified atom stereocenters. The summed E-state index contributed by atoms with van der Waals surface area (Å²) >= 11 is 0. The Balaban J connectivity index is 4.17. The molecule has 0 spiro atoms. The molecule has 0 aliphatic carbocycles. The Morgan fingerprint density at radius 2 is 0.470 bits per heavy atom. The summed E-state index contributed by atoms with van der Waals surface area (Å²) in [5, 5.41) is 0. The highest BCUT2D eigenvalue weighted by molar-refractivity contribution is 5.71. The van der Waals surface area contributed by atoms with E-state index in [0.717, 1.165) is 96.3 Å². The van der Waals surface area contributed by atoms with Crippen LogP contribution in [0.2, 0.25) is 0 Å². The highest BCUT2D eigenvalue weighted by Crippen LogP contribution is 2.18. The lowest BCUT2D eigenvalue weighted by Crippen LogP contribution is -2.30. The van der Waals surface area contributed by atoms with Gasteiger partial charge in [-0.25, -0.2) is 0 Å². The lowest BCUT2D eigenvalue weighted by Gasteiger charge is -2.18. The molecule has 1 atom stereocenters. The third kappa shape index (κ3) is 69.5. The van der Waals surface area contributed by atoms with Crippen molar-refractivity contribution >= 4 is 17.9 Å². The van der Waals surface area contributed by atoms with Crippen molar-refractivity contribution in [2.24, 2.45) is 0 Å². The van der Waals surface area contributed by atoms with Crippen molar-refractivity contribution in [3.63, 3.8) is 0 Å². The van der Waals surface area contributed by atoms with E-state index in [1.165, 1.54) is 244 Å². The lowest BCUT2D eigenvalue weighted by molar-refractivity contribution is -0.167. The molecule has 0 aliphatic rings. The molecule has 0 saturated heterocycles. The van der Waals surface area contributed by atoms with Crippen LogP contribution in [0.25, 0.3) is 0 Å². The molecule has 0 heterocycles. The summed E-state index contributed by atoms with van der Waals surface area (Å²) in [6.45, 7) is 6.55. The second-order valence-electron chi connectivity index (χ2n) is 24.5. The molecule has 0 aliphatic heterocycles. The molecule has 0 radical (unpaired) electrons. The van der Waals surface area contributed by atoms with Crippen molar-refractivity contribution in [3.8, 4) is 0 Å². The minimum absolute atomic E-state index is 0.0843. The molecule has 0 aromatic carbocycles. The van der Waals surface area contributed by atoms with Crippen LogP contribution in [-0.2, 0) is 28.6 Å². The third-order valence-corrected chi connectivity index (χ3v) is 16.2. The number of carbonyl (C=O) groups excluding carboxylic acids is 3. The van der Waals surface area contributed by atoms with Crippen LogP contribution in [0, 0.1) is 0 Å². The first-order chi connectivity index (χ1) is 41.0. The molecule has 0 bridgehead atoms. The smallest absolute Gasteiger partial charge is 0.306 e. The number of allylic oxidation sites excluding steroid dienone is 12. The minimum Gasteiger partial charge on any atom is -0.462 e. The molecule has 0 N–H and O–H groups in total. The van der Waals surface area contributed by atoms with Crippen LogP contribution in [0.3, 0.4) is 0 Å². The van der Waals surface area contributed by atoms with E-state index in [1.807, 2.05) is 0 Å². The zero-order valence-corrected chi connectivity index (χ0v) is 55.5. The number of hydrogen-bond donors (Lipinski definition) is 0. The zero-order chi connectivity index (χ0) is 59.9. The van der Waals surface area contributed by atoms with Gasteiger partial charge in [0.25, 0.3) is 0 Å². The van der Waals surface area contributed by atoms with Crippen LogP contribution in [0.15, 0.2) is 72.9 Å². The fraction of sp³-hybridized carbons (Fsp3) is 0.805. The maximum atomic E-state index is 12.9. The quantitative estimate of drug-likeness (QED) is 0.0261. The molecule has 482 valence electrons. The van der Waals surface area contributed by atoms with Crippen LogP contribution in [0.1, 0.15) is 380 Å². The first-order valence-electron chi connectivity index (χ1n) is 36.4. The molecule has 0 rings (SSSR count). The summed E-state index contributed by atoms with van der Waals surface area (Å²) in [5.41, 5.74) is 0. The first-order valence-corrected chi connectivity index (χ1v) is 36.4. The molecule has 0 aromatic heterocycles. The Kier molecular flexibility index (Phi) is 68.6. The molecule has 83 heavy (non-hydrogen) atoms. The Bertz CT molecular complexity index is 1520. The molecule has 6 heteroatoms. The number of rotatable bonds is 67. The molecule has 0 amide bonds. The highest BCUT2D eigenvalue weighted by Gasteiger charge is 2.19. The molecule has 0 saturated carbocycles. The van der Waals surface area contributed by atoms with Gasteiger partial charge >= 0.3 is 17.9 Å². The Morgan fingerprint density at radius 3 is 0.759 bits per heavy atom. The summed E-state index contributed by atoms with van der Waals surface area (Å²) < 4.78 is 16.9. The van der Waals surface area contributed by atoms with Gasteiger partial charge in [-0.3, -0.25) is 14.4 Å². The topological polar surface area (TPSA) is 78.9 Å². The van der Waals surface area contributed by atoms with Crippen molar-refractivity contribution in [1.82, 2.24) is 0 Å². The van der Waals surface area contributed by atoms with Gasteiger partial charge in [-0.15, -0.1) is 0 Å². The van der Waals surface area contributed by atoms with Crippen LogP contribution in [0.5, 0.6) is 0 Å². The number of unbranched alkanes of at least 4 members (excludes halogenated alkanes) is 44. The van der Waals surface area contributed by atoms with Gasteiger partial charge in [-0.2, -0.15) is 0 Å². The summed E-state index contributed by atoms with van der Waals surface area (Å²) in [6, 6.07) is 0. The van der Waals surface area contributed by atoms with Gasteiger partial charge in [0.2, 0.25) is 0 Å². The first kappa shape index (κ1) is 79.8. The van der Waals surface area contributed by atoms with E-state index >= 15 is 0 Å². The second-order valence-corrected chi connectivity index (χ2v) is 24.5. The van der Waals surface area contributed by atoms with Crippen molar-refractivity contribution < 1.29 is 28.6 Å². The Labute approximate surface area is 516 Å². The number of ether oxygens (including phenoxy) is 3. The Morgan fingerprint density at radius 1 is 0.253 bits per heavy atom. The van der Waals surface area contributed by atoms with Gasteiger partial charge in [-0.05, 0) is 89.9 Å². The normalized spacial score (nSPS) is 12.5. The van der Waals surface area contributed by atoms with Crippen LogP contribution in [0.4, 0.5) is 0 Å². The molecular formula is C77H138O6. The van der Waals surface area contributed by atoms with Gasteiger partial charge in [0.1, 0.15) is 13.2 Å². The maximum Gasteiger partial charge on any atom is 0.306 e. The maximum absolute atomic E-state index is 12.9. The molecule has 0 fully saturated rings. The monoisotopic (exact) mass is 1160 g/mol. The SMILES string of the molecule is CC/C=C\C/C=C\C/C=C\C/C=C\C/C=C\CCCCCC(=O)OC(COC(=O)CCCCCCCCCCCCCCC)COC(=O)CCCCCCCCCCCCCCCCCCCCCCC/C=C\CCCCCCCCCC. The van der Waals surface area contributed by atoms with Gasteiger partial charge in [0, 0.05) is 19.3 Å². The van der Waals surface area contributed by atoms with Gasteiger partial charge in [0.05, 0.1) is 0 Å². The fourth-order valence-electron chi connectivity index (χ4n) is 10.8. The van der Waals surface area contributed by atoms with Crippen LogP contribution in [-0.4, -0.2) is 37.2 Å². The molecule has 6 nitrogen and oxygen atoms in total. The number of carbonyl (C=O) groups is 3. The number of esters is 3. The van der Waals surface area contributed by atoms with Crippen molar-refractivity contribution in [2.45, 2.75) is 386 Å². The van der Waals surface area contributed by atoms with E-state index in [1.54, 1.807) is 0 Å². The van der Waals surface area contributed by atoms with E-state index in [0.29, 0.717) is 19.3 Å². The third-order valence-electron chi connectivity index (χ3n) is 16.2. The summed E-state index contributed by atoms with van der Waals surface area (Å²) in [7, 11) is 0. The second kappa shape index (κ2) is 71.3. The Hall–Kier alpha value is -3.15. The van der Waals surface area contributed by atoms with E-state index in [-0.39, 0.29) is 31.1 Å². The summed E-state index contributed by atoms with van der Waals surface area (Å²) in [6.07, 6.45) is 93.8. The van der Waals surface area contributed by atoms with Gasteiger partial charge in [-0.1, -0.05) is 344 Å². The van der Waals surface area contributed by atoms with E-state index in [9.17, 15) is 14.4 Å². The lowest BCUT2D eigenvalue weighted by atomic mass is 10.0. The van der Waals surface area contributed by atoms with Crippen LogP contribution < -0.4 is 0 Å². The van der Waals surface area contributed by atoms with Gasteiger partial charge < -0.3 is 14.2 Å². The highest BCUT2D eigenvalue weighted by atomic mass is 16.6.